The third-order valence-corrected chi connectivity index (χ3v) is 5.53. The second kappa shape index (κ2) is 10.3. The van der Waals surface area contributed by atoms with E-state index in [9.17, 15) is 15.0 Å². The molecule has 0 atom stereocenters. The summed E-state index contributed by atoms with van der Waals surface area (Å²) in [7, 11) is 1.55. The third kappa shape index (κ3) is 5.49. The highest BCUT2D eigenvalue weighted by atomic mass is 16.5. The lowest BCUT2D eigenvalue weighted by Gasteiger charge is -2.34. The van der Waals surface area contributed by atoms with E-state index in [0.717, 1.165) is 37.1 Å². The number of aromatic hydroxyl groups is 1. The van der Waals surface area contributed by atoms with Crippen LogP contribution in [0.5, 0.6) is 11.5 Å². The van der Waals surface area contributed by atoms with E-state index in [4.69, 9.17) is 4.74 Å². The molecule has 0 unspecified atom stereocenters. The van der Waals surface area contributed by atoms with Crippen molar-refractivity contribution < 1.29 is 19.7 Å². The Morgan fingerprint density at radius 3 is 2.52 bits per heavy atom. The van der Waals surface area contributed by atoms with E-state index in [1.54, 1.807) is 18.1 Å². The van der Waals surface area contributed by atoms with Crippen LogP contribution in [0.1, 0.15) is 24.0 Å². The molecular weight excluding hydrogens is 368 g/mol. The normalized spacial score (nSPS) is 15.2. The van der Waals surface area contributed by atoms with E-state index in [1.807, 2.05) is 42.5 Å². The fraction of sp³-hybridized carbons (Fsp3) is 0.435. The summed E-state index contributed by atoms with van der Waals surface area (Å²) in [5.74, 6) is 0.755. The Kier molecular flexibility index (Phi) is 7.49. The first-order chi connectivity index (χ1) is 14.1. The number of aliphatic hydroxyl groups excluding tert-OH is 1. The van der Waals surface area contributed by atoms with Crippen LogP contribution in [0.4, 0.5) is 0 Å². The SMILES string of the molecule is COc1cccc(CN2CCC(C(=O)N(CCO)Cc3ccccc3)CC2)c1O. The van der Waals surface area contributed by atoms with Crippen molar-refractivity contribution in [2.75, 3.05) is 33.4 Å². The summed E-state index contributed by atoms with van der Waals surface area (Å²) in [5.41, 5.74) is 1.90. The van der Waals surface area contributed by atoms with Crippen LogP contribution in [0.2, 0.25) is 0 Å². The number of phenolic OH excluding ortho intramolecular Hbond substituents is 1. The van der Waals surface area contributed by atoms with Gasteiger partial charge in [-0.25, -0.2) is 0 Å². The summed E-state index contributed by atoms with van der Waals surface area (Å²) in [5, 5.41) is 19.7. The first-order valence-electron chi connectivity index (χ1n) is 10.1. The number of hydrogen-bond acceptors (Lipinski definition) is 5. The molecule has 1 heterocycles. The number of piperidine rings is 1. The number of phenols is 1. The van der Waals surface area contributed by atoms with Crippen molar-refractivity contribution in [2.24, 2.45) is 5.92 Å². The third-order valence-electron chi connectivity index (χ3n) is 5.53. The number of methoxy groups -OCH3 is 1. The second-order valence-electron chi connectivity index (χ2n) is 7.49. The van der Waals surface area contributed by atoms with Crippen LogP contribution < -0.4 is 4.74 Å². The van der Waals surface area contributed by atoms with Gasteiger partial charge in [-0.15, -0.1) is 0 Å². The van der Waals surface area contributed by atoms with E-state index >= 15 is 0 Å². The number of hydrogen-bond donors (Lipinski definition) is 2. The van der Waals surface area contributed by atoms with Crippen molar-refractivity contribution in [3.63, 3.8) is 0 Å². The highest BCUT2D eigenvalue weighted by Gasteiger charge is 2.29. The summed E-state index contributed by atoms with van der Waals surface area (Å²) in [6, 6.07) is 15.4. The van der Waals surface area contributed by atoms with E-state index < -0.39 is 0 Å². The monoisotopic (exact) mass is 398 g/mol. The van der Waals surface area contributed by atoms with Crippen molar-refractivity contribution in [3.05, 3.63) is 59.7 Å². The van der Waals surface area contributed by atoms with Gasteiger partial charge in [-0.3, -0.25) is 9.69 Å². The van der Waals surface area contributed by atoms with E-state index in [1.165, 1.54) is 0 Å². The lowest BCUT2D eigenvalue weighted by atomic mass is 9.94. The Bertz CT molecular complexity index is 789. The molecule has 0 radical (unpaired) electrons. The van der Waals surface area contributed by atoms with Crippen molar-refractivity contribution in [2.45, 2.75) is 25.9 Å². The van der Waals surface area contributed by atoms with Crippen LogP contribution in [-0.2, 0) is 17.9 Å². The van der Waals surface area contributed by atoms with Crippen molar-refractivity contribution >= 4 is 5.91 Å². The molecule has 6 nitrogen and oxygen atoms in total. The Morgan fingerprint density at radius 2 is 1.86 bits per heavy atom. The van der Waals surface area contributed by atoms with E-state index in [-0.39, 0.29) is 24.2 Å². The molecule has 29 heavy (non-hydrogen) atoms. The van der Waals surface area contributed by atoms with Gasteiger partial charge in [0.2, 0.25) is 5.91 Å². The van der Waals surface area contributed by atoms with Gasteiger partial charge in [0.05, 0.1) is 13.7 Å². The van der Waals surface area contributed by atoms with Crippen molar-refractivity contribution in [1.29, 1.82) is 0 Å². The molecule has 156 valence electrons. The zero-order valence-corrected chi connectivity index (χ0v) is 17.0. The van der Waals surface area contributed by atoms with Gasteiger partial charge in [0.25, 0.3) is 0 Å². The molecule has 1 aliphatic rings. The fourth-order valence-corrected chi connectivity index (χ4v) is 3.89. The summed E-state index contributed by atoms with van der Waals surface area (Å²) in [6.07, 6.45) is 1.56. The molecule has 2 aromatic carbocycles. The number of ether oxygens (including phenoxy) is 1. The van der Waals surface area contributed by atoms with E-state index in [2.05, 4.69) is 4.90 Å². The standard InChI is InChI=1S/C23H30N2O4/c1-29-21-9-5-8-20(22(21)27)17-24-12-10-19(11-13-24)23(28)25(14-15-26)16-18-6-3-2-4-7-18/h2-9,19,26-27H,10-17H2,1H3. The maximum atomic E-state index is 13.0. The van der Waals surface area contributed by atoms with Crippen LogP contribution in [0.3, 0.4) is 0 Å². The maximum absolute atomic E-state index is 13.0. The number of likely N-dealkylation sites (tertiary alicyclic amines) is 1. The van der Waals surface area contributed by atoms with Crippen LogP contribution in [0.15, 0.2) is 48.5 Å². The Labute approximate surface area is 172 Å². The van der Waals surface area contributed by atoms with Crippen LogP contribution in [0, 0.1) is 5.92 Å². The van der Waals surface area contributed by atoms with Crippen LogP contribution >= 0.6 is 0 Å². The minimum absolute atomic E-state index is 0.0274. The molecule has 0 aromatic heterocycles. The van der Waals surface area contributed by atoms with Gasteiger partial charge in [-0.1, -0.05) is 42.5 Å². The molecule has 0 bridgehead atoms. The first kappa shape index (κ1) is 21.1. The topological polar surface area (TPSA) is 73.2 Å². The molecule has 0 spiro atoms. The average molecular weight is 399 g/mol. The van der Waals surface area contributed by atoms with Crippen LogP contribution in [-0.4, -0.2) is 59.3 Å². The lowest BCUT2D eigenvalue weighted by Crippen LogP contribution is -2.43. The summed E-state index contributed by atoms with van der Waals surface area (Å²) >= 11 is 0. The van der Waals surface area contributed by atoms with Gasteiger partial charge < -0.3 is 19.8 Å². The van der Waals surface area contributed by atoms with Gasteiger partial charge in [0.1, 0.15) is 0 Å². The van der Waals surface area contributed by atoms with Gasteiger partial charge in [-0.05, 0) is 37.6 Å². The summed E-state index contributed by atoms with van der Waals surface area (Å²) in [6.45, 7) is 3.07. The lowest BCUT2D eigenvalue weighted by molar-refractivity contribution is -0.138. The molecule has 6 heteroatoms. The molecule has 1 saturated heterocycles. The minimum Gasteiger partial charge on any atom is -0.504 e. The quantitative estimate of drug-likeness (QED) is 0.715. The average Bonchev–Trinajstić information content (AvgIpc) is 2.76. The van der Waals surface area contributed by atoms with Gasteiger partial charge in [0, 0.05) is 31.1 Å². The molecule has 1 amide bonds. The molecule has 1 fully saturated rings. The highest BCUT2D eigenvalue weighted by Crippen LogP contribution is 2.31. The molecule has 0 aliphatic carbocycles. The number of carbonyl (C=O) groups is 1. The van der Waals surface area contributed by atoms with E-state index in [0.29, 0.717) is 25.4 Å². The van der Waals surface area contributed by atoms with Gasteiger partial charge in [0.15, 0.2) is 11.5 Å². The second-order valence-corrected chi connectivity index (χ2v) is 7.49. The number of carbonyl (C=O) groups excluding carboxylic acids is 1. The molecule has 2 N–H and O–H groups in total. The number of para-hydroxylation sites is 1. The minimum atomic E-state index is -0.0352. The molecule has 1 aliphatic heterocycles. The Hall–Kier alpha value is -2.57. The first-order valence-corrected chi connectivity index (χ1v) is 10.1. The summed E-state index contributed by atoms with van der Waals surface area (Å²) in [4.78, 5) is 17.1. The largest absolute Gasteiger partial charge is 0.504 e. The fourth-order valence-electron chi connectivity index (χ4n) is 3.89. The molecule has 3 rings (SSSR count). The molecule has 2 aromatic rings. The number of aliphatic hydroxyl groups is 1. The predicted octanol–water partition coefficient (Wildman–Crippen LogP) is 2.63. The molecule has 0 saturated carbocycles. The van der Waals surface area contributed by atoms with Crippen molar-refractivity contribution in [3.8, 4) is 11.5 Å². The molecular formula is C23H30N2O4. The van der Waals surface area contributed by atoms with Gasteiger partial charge in [-0.2, -0.15) is 0 Å². The Morgan fingerprint density at radius 1 is 1.14 bits per heavy atom. The number of rotatable bonds is 8. The zero-order chi connectivity index (χ0) is 20.6. The van der Waals surface area contributed by atoms with Gasteiger partial charge >= 0.3 is 0 Å². The number of nitrogens with zero attached hydrogens (tertiary/aromatic N) is 2. The number of amides is 1. The maximum Gasteiger partial charge on any atom is 0.226 e. The Balaban J connectivity index is 1.56. The highest BCUT2D eigenvalue weighted by molar-refractivity contribution is 5.79. The van der Waals surface area contributed by atoms with Crippen molar-refractivity contribution in [1.82, 2.24) is 9.80 Å². The number of benzene rings is 2. The predicted molar refractivity (Wildman–Crippen MR) is 112 cm³/mol. The summed E-state index contributed by atoms with van der Waals surface area (Å²) < 4.78 is 5.18. The smallest absolute Gasteiger partial charge is 0.226 e. The van der Waals surface area contributed by atoms with Crippen LogP contribution in [0.25, 0.3) is 0 Å². The zero-order valence-electron chi connectivity index (χ0n) is 17.0.